The molecule has 10 rings (SSSR count). The lowest BCUT2D eigenvalue weighted by atomic mass is 9.67. The smallest absolute Gasteiger partial charge is 0.160 e. The molecular weight excluding hydrogens is 651 g/mol. The monoisotopic (exact) mass is 679 g/mol. The Balaban J connectivity index is 1.26. The van der Waals surface area contributed by atoms with Crippen molar-refractivity contribution in [3.8, 4) is 62.2 Å². The summed E-state index contributed by atoms with van der Waals surface area (Å²) in [6, 6.07) is 64.3. The van der Waals surface area contributed by atoms with Crippen molar-refractivity contribution in [1.82, 2.24) is 9.97 Å². The number of hydrogen-bond acceptors (Lipinski definition) is 4. The molecule has 242 valence electrons. The molecule has 0 atom stereocenters. The lowest BCUT2D eigenvalue weighted by Crippen LogP contribution is -2.32. The maximum Gasteiger partial charge on any atom is 0.160 e. The molecule has 2 heterocycles. The lowest BCUT2D eigenvalue weighted by Gasteiger charge is -2.40. The minimum Gasteiger partial charge on any atom is -0.228 e. The van der Waals surface area contributed by atoms with Gasteiger partial charge in [0, 0.05) is 26.5 Å². The zero-order valence-corrected chi connectivity index (χ0v) is 28.8. The fraction of sp³-hybridized carbons (Fsp3) is 0.0208. The third-order valence-corrected chi connectivity index (χ3v) is 11.6. The van der Waals surface area contributed by atoms with Gasteiger partial charge in [-0.15, -0.1) is 0 Å². The zero-order chi connectivity index (χ0) is 34.6. The van der Waals surface area contributed by atoms with Gasteiger partial charge in [0.05, 0.1) is 28.4 Å². The number of nitrogens with zero attached hydrogens (tertiary/aromatic N) is 3. The van der Waals surface area contributed by atoms with Crippen LogP contribution in [0.25, 0.3) is 56.2 Å². The van der Waals surface area contributed by atoms with Crippen LogP contribution in [0.3, 0.4) is 0 Å². The number of hydrogen-bond donors (Lipinski definition) is 0. The van der Waals surface area contributed by atoms with Crippen LogP contribution in [0.2, 0.25) is 0 Å². The highest BCUT2D eigenvalue weighted by molar-refractivity contribution is 7.99. The first-order valence-electron chi connectivity index (χ1n) is 17.4. The molecular formula is C48H29N3S. The Morgan fingerprint density at radius 2 is 0.942 bits per heavy atom. The van der Waals surface area contributed by atoms with Gasteiger partial charge in [0.25, 0.3) is 0 Å². The normalized spacial score (nSPS) is 13.1. The summed E-state index contributed by atoms with van der Waals surface area (Å²) in [6.45, 7) is 0. The Kier molecular flexibility index (Phi) is 7.02. The van der Waals surface area contributed by atoms with Gasteiger partial charge in [-0.1, -0.05) is 151 Å². The summed E-state index contributed by atoms with van der Waals surface area (Å²) in [5.74, 6) is 0.695. The van der Waals surface area contributed by atoms with E-state index in [4.69, 9.17) is 9.97 Å². The van der Waals surface area contributed by atoms with Crippen LogP contribution in [0.1, 0.15) is 27.8 Å². The summed E-state index contributed by atoms with van der Waals surface area (Å²) in [7, 11) is 0. The van der Waals surface area contributed by atoms with E-state index < -0.39 is 5.41 Å². The van der Waals surface area contributed by atoms with Crippen LogP contribution in [-0.2, 0) is 5.41 Å². The minimum atomic E-state index is -0.589. The molecule has 0 unspecified atom stereocenters. The van der Waals surface area contributed by atoms with E-state index in [1.165, 1.54) is 43.2 Å². The van der Waals surface area contributed by atoms with Crippen molar-refractivity contribution >= 4 is 11.8 Å². The van der Waals surface area contributed by atoms with Gasteiger partial charge >= 0.3 is 0 Å². The molecule has 0 bridgehead atoms. The quantitative estimate of drug-likeness (QED) is 0.186. The Bertz CT molecular complexity index is 2630. The van der Waals surface area contributed by atoms with E-state index in [0.29, 0.717) is 11.4 Å². The molecule has 3 nitrogen and oxygen atoms in total. The molecule has 1 aliphatic heterocycles. The highest BCUT2D eigenvalue weighted by atomic mass is 32.2. The summed E-state index contributed by atoms with van der Waals surface area (Å²) >= 11 is 1.84. The van der Waals surface area contributed by atoms with Gasteiger partial charge in [-0.05, 0) is 80.9 Å². The molecule has 0 saturated heterocycles. The Morgan fingerprint density at radius 1 is 0.423 bits per heavy atom. The maximum absolute atomic E-state index is 10.1. The third kappa shape index (κ3) is 4.60. The Morgan fingerprint density at radius 3 is 1.60 bits per heavy atom. The second-order valence-corrected chi connectivity index (χ2v) is 14.3. The standard InChI is InChI=1S/C48H29N3S/c49-30-35-17-7-8-18-36(35)33-23-25-37-38-26-24-34(44-29-43(31-13-3-1-4-14-31)50-47(51-44)32-15-5-2-6-16-32)28-42(38)48(41(37)27-33)39-19-9-11-21-45(39)52-46-22-12-10-20-40(46)48/h1-29H. The Labute approximate surface area is 307 Å². The highest BCUT2D eigenvalue weighted by Gasteiger charge is 2.50. The number of aromatic nitrogens is 2. The Hall–Kier alpha value is -6.54. The number of rotatable bonds is 4. The average Bonchev–Trinajstić information content (AvgIpc) is 3.50. The summed E-state index contributed by atoms with van der Waals surface area (Å²) in [4.78, 5) is 12.8. The predicted octanol–water partition coefficient (Wildman–Crippen LogP) is 11.8. The van der Waals surface area contributed by atoms with Crippen molar-refractivity contribution < 1.29 is 0 Å². The van der Waals surface area contributed by atoms with E-state index in [-0.39, 0.29) is 0 Å². The van der Waals surface area contributed by atoms with E-state index >= 15 is 0 Å². The second kappa shape index (κ2) is 12.1. The van der Waals surface area contributed by atoms with Crippen LogP contribution in [0.4, 0.5) is 0 Å². The molecule has 0 fully saturated rings. The molecule has 1 aliphatic carbocycles. The molecule has 2 aliphatic rings. The first-order chi connectivity index (χ1) is 25.7. The molecule has 1 aromatic heterocycles. The van der Waals surface area contributed by atoms with Crippen LogP contribution in [0.5, 0.6) is 0 Å². The van der Waals surface area contributed by atoms with Gasteiger partial charge in [-0.2, -0.15) is 5.26 Å². The van der Waals surface area contributed by atoms with Gasteiger partial charge in [0.1, 0.15) is 0 Å². The fourth-order valence-corrected chi connectivity index (χ4v) is 9.32. The topological polar surface area (TPSA) is 49.6 Å². The van der Waals surface area contributed by atoms with Crippen LogP contribution in [0.15, 0.2) is 186 Å². The lowest BCUT2D eigenvalue weighted by molar-refractivity contribution is 0.723. The first kappa shape index (κ1) is 30.3. The molecule has 52 heavy (non-hydrogen) atoms. The van der Waals surface area contributed by atoms with E-state index in [9.17, 15) is 5.26 Å². The minimum absolute atomic E-state index is 0.589. The van der Waals surface area contributed by atoms with Crippen molar-refractivity contribution in [2.45, 2.75) is 15.2 Å². The van der Waals surface area contributed by atoms with Crippen LogP contribution in [0, 0.1) is 11.3 Å². The van der Waals surface area contributed by atoms with Gasteiger partial charge in [0.2, 0.25) is 0 Å². The van der Waals surface area contributed by atoms with Gasteiger partial charge in [-0.3, -0.25) is 0 Å². The molecule has 1 spiro atoms. The molecule has 0 amide bonds. The van der Waals surface area contributed by atoms with Gasteiger partial charge in [0.15, 0.2) is 5.82 Å². The summed E-state index contributed by atoms with van der Waals surface area (Å²) in [6.07, 6.45) is 0. The third-order valence-electron chi connectivity index (χ3n) is 10.4. The van der Waals surface area contributed by atoms with Crippen molar-refractivity contribution in [3.05, 3.63) is 204 Å². The van der Waals surface area contributed by atoms with E-state index in [2.05, 4.69) is 140 Å². The maximum atomic E-state index is 10.1. The van der Waals surface area contributed by atoms with E-state index in [0.717, 1.165) is 39.2 Å². The molecule has 0 radical (unpaired) electrons. The fourth-order valence-electron chi connectivity index (χ4n) is 8.13. The van der Waals surface area contributed by atoms with Crippen LogP contribution >= 0.6 is 11.8 Å². The van der Waals surface area contributed by atoms with E-state index in [1.54, 1.807) is 0 Å². The zero-order valence-electron chi connectivity index (χ0n) is 28.0. The molecule has 8 aromatic rings. The van der Waals surface area contributed by atoms with Gasteiger partial charge < -0.3 is 0 Å². The van der Waals surface area contributed by atoms with Crippen LogP contribution < -0.4 is 0 Å². The highest BCUT2D eigenvalue weighted by Crippen LogP contribution is 2.63. The average molecular weight is 680 g/mol. The van der Waals surface area contributed by atoms with Crippen molar-refractivity contribution in [2.75, 3.05) is 0 Å². The number of benzene rings is 7. The first-order valence-corrected chi connectivity index (χ1v) is 18.2. The molecule has 7 aromatic carbocycles. The SMILES string of the molecule is N#Cc1ccccc1-c1ccc2c(c1)C1(c3ccccc3Sc3ccccc31)c1cc(-c3cc(-c4ccccc4)nc(-c4ccccc4)n3)ccc1-2. The summed E-state index contributed by atoms with van der Waals surface area (Å²) in [5.41, 5.74) is 14.3. The summed E-state index contributed by atoms with van der Waals surface area (Å²) in [5, 5.41) is 10.1. The predicted molar refractivity (Wildman–Crippen MR) is 210 cm³/mol. The number of fused-ring (bicyclic) bond motifs is 9. The van der Waals surface area contributed by atoms with E-state index in [1.807, 2.05) is 54.2 Å². The molecule has 4 heteroatoms. The van der Waals surface area contributed by atoms with Crippen LogP contribution in [-0.4, -0.2) is 9.97 Å². The second-order valence-electron chi connectivity index (χ2n) is 13.2. The summed E-state index contributed by atoms with van der Waals surface area (Å²) < 4.78 is 0. The van der Waals surface area contributed by atoms with Crippen molar-refractivity contribution in [1.29, 1.82) is 5.26 Å². The number of nitriles is 1. The van der Waals surface area contributed by atoms with Crippen molar-refractivity contribution in [3.63, 3.8) is 0 Å². The van der Waals surface area contributed by atoms with Gasteiger partial charge in [-0.25, -0.2) is 9.97 Å². The molecule has 0 N–H and O–H groups in total. The molecule has 0 saturated carbocycles. The van der Waals surface area contributed by atoms with Crippen molar-refractivity contribution in [2.24, 2.45) is 0 Å². The largest absolute Gasteiger partial charge is 0.228 e.